The molecule has 0 fully saturated rings. The number of rotatable bonds is 10. The van der Waals surface area contributed by atoms with E-state index in [0.717, 1.165) is 32.1 Å². The lowest BCUT2D eigenvalue weighted by atomic mass is 9.99. The molecule has 5 heteroatoms. The fraction of sp³-hybridized carbons (Fsp3) is 0.750. The highest BCUT2D eigenvalue weighted by Gasteiger charge is 2.27. The smallest absolute Gasteiger partial charge is 0.408 e. The lowest BCUT2D eigenvalue weighted by Crippen LogP contribution is -2.46. The fourth-order valence-corrected chi connectivity index (χ4v) is 1.74. The molecule has 120 valence electrons. The van der Waals surface area contributed by atoms with Gasteiger partial charge >= 0.3 is 12.1 Å². The minimum atomic E-state index is -0.702. The molecule has 0 spiro atoms. The predicted molar refractivity (Wildman–Crippen MR) is 81.7 cm³/mol. The summed E-state index contributed by atoms with van der Waals surface area (Å²) in [5, 5.41) is 2.52. The first-order chi connectivity index (χ1) is 10.1. The summed E-state index contributed by atoms with van der Waals surface area (Å²) < 4.78 is 9.96. The van der Waals surface area contributed by atoms with Crippen molar-refractivity contribution >= 4 is 12.1 Å². The molecular formula is C16H27NO4. The molecule has 0 radical (unpaired) electrons. The molecule has 2 atom stereocenters. The molecule has 0 aromatic heterocycles. The van der Waals surface area contributed by atoms with Gasteiger partial charge < -0.3 is 14.8 Å². The number of carbonyl (C=O) groups is 2. The summed E-state index contributed by atoms with van der Waals surface area (Å²) in [6.07, 6.45) is 9.20. The lowest BCUT2D eigenvalue weighted by molar-refractivity contribution is -0.147. The van der Waals surface area contributed by atoms with Crippen molar-refractivity contribution in [2.45, 2.75) is 58.9 Å². The summed E-state index contributed by atoms with van der Waals surface area (Å²) in [5.41, 5.74) is 0. The van der Waals surface area contributed by atoms with Crippen LogP contribution >= 0.6 is 0 Å². The summed E-state index contributed by atoms with van der Waals surface area (Å²) in [6, 6.07) is -0.702. The topological polar surface area (TPSA) is 64.6 Å². The molecule has 2 unspecified atom stereocenters. The molecule has 0 bridgehead atoms. The normalized spacial score (nSPS) is 12.9. The Morgan fingerprint density at radius 3 is 2.48 bits per heavy atom. The van der Waals surface area contributed by atoms with Crippen LogP contribution in [-0.4, -0.2) is 31.3 Å². The molecular weight excluding hydrogens is 270 g/mol. The second-order valence-corrected chi connectivity index (χ2v) is 5.02. The second kappa shape index (κ2) is 12.1. The third-order valence-electron chi connectivity index (χ3n) is 3.27. The third-order valence-corrected chi connectivity index (χ3v) is 3.27. The Hall–Kier alpha value is -1.70. The van der Waals surface area contributed by atoms with Crippen LogP contribution in [0.15, 0.2) is 0 Å². The van der Waals surface area contributed by atoms with Gasteiger partial charge in [0.05, 0.1) is 6.61 Å². The van der Waals surface area contributed by atoms with Gasteiger partial charge in [0.25, 0.3) is 0 Å². The molecule has 0 aliphatic carbocycles. The van der Waals surface area contributed by atoms with Gasteiger partial charge in [0.15, 0.2) is 6.61 Å². The maximum atomic E-state index is 12.1. The first kappa shape index (κ1) is 19.3. The zero-order chi connectivity index (χ0) is 16.1. The van der Waals surface area contributed by atoms with Crippen LogP contribution in [0, 0.1) is 18.3 Å². The Kier molecular flexibility index (Phi) is 11.1. The van der Waals surface area contributed by atoms with Crippen molar-refractivity contribution < 1.29 is 19.1 Å². The van der Waals surface area contributed by atoms with E-state index in [1.807, 2.05) is 13.8 Å². The van der Waals surface area contributed by atoms with E-state index in [9.17, 15) is 9.59 Å². The number of hydrogen-bond donors (Lipinski definition) is 1. The van der Waals surface area contributed by atoms with Gasteiger partial charge in [-0.25, -0.2) is 9.59 Å². The predicted octanol–water partition coefficient (Wildman–Crippen LogP) is 2.88. The van der Waals surface area contributed by atoms with Crippen molar-refractivity contribution in [1.82, 2.24) is 5.32 Å². The van der Waals surface area contributed by atoms with Crippen molar-refractivity contribution in [3.8, 4) is 12.3 Å². The SMILES string of the molecule is C#CCOC(=O)NC(C(=O)OCCCCCC)C(C)CC. The number of alkyl carbamates (subject to hydrolysis) is 1. The largest absolute Gasteiger partial charge is 0.464 e. The Labute approximate surface area is 127 Å². The summed E-state index contributed by atoms with van der Waals surface area (Å²) in [5.74, 6) is 1.75. The average Bonchev–Trinajstić information content (AvgIpc) is 2.49. The zero-order valence-electron chi connectivity index (χ0n) is 13.3. The minimum Gasteiger partial charge on any atom is -0.464 e. The first-order valence-electron chi connectivity index (χ1n) is 7.60. The Morgan fingerprint density at radius 1 is 1.19 bits per heavy atom. The van der Waals surface area contributed by atoms with Crippen molar-refractivity contribution in [1.29, 1.82) is 0 Å². The highest BCUT2D eigenvalue weighted by atomic mass is 16.6. The van der Waals surface area contributed by atoms with Crippen molar-refractivity contribution in [2.75, 3.05) is 13.2 Å². The number of ether oxygens (including phenoxy) is 2. The van der Waals surface area contributed by atoms with Crippen LogP contribution in [0.4, 0.5) is 4.79 Å². The number of esters is 1. The Morgan fingerprint density at radius 2 is 1.90 bits per heavy atom. The highest BCUT2D eigenvalue weighted by molar-refractivity contribution is 5.81. The van der Waals surface area contributed by atoms with Crippen LogP contribution in [0.1, 0.15) is 52.9 Å². The van der Waals surface area contributed by atoms with Crippen LogP contribution < -0.4 is 5.32 Å². The number of hydrogen-bond acceptors (Lipinski definition) is 4. The van der Waals surface area contributed by atoms with Crippen molar-refractivity contribution in [3.63, 3.8) is 0 Å². The van der Waals surface area contributed by atoms with Crippen molar-refractivity contribution in [2.24, 2.45) is 5.92 Å². The molecule has 0 heterocycles. The average molecular weight is 297 g/mol. The summed E-state index contributed by atoms with van der Waals surface area (Å²) in [7, 11) is 0. The molecule has 5 nitrogen and oxygen atoms in total. The van der Waals surface area contributed by atoms with Gasteiger partial charge in [0.1, 0.15) is 6.04 Å². The standard InChI is InChI=1S/C16H27NO4/c1-5-8-9-10-12-20-15(18)14(13(4)7-3)17-16(19)21-11-6-2/h2,13-14H,5,7-12H2,1,3-4H3,(H,17,19). The number of terminal acetylenes is 1. The van der Waals surface area contributed by atoms with Gasteiger partial charge in [-0.3, -0.25) is 0 Å². The summed E-state index contributed by atoms with van der Waals surface area (Å²) in [4.78, 5) is 23.6. The lowest BCUT2D eigenvalue weighted by Gasteiger charge is -2.22. The van der Waals surface area contributed by atoms with Crippen LogP contribution in [-0.2, 0) is 14.3 Å². The van der Waals surface area contributed by atoms with E-state index in [1.54, 1.807) is 0 Å². The van der Waals surface area contributed by atoms with Gasteiger partial charge in [-0.15, -0.1) is 6.42 Å². The summed E-state index contributed by atoms with van der Waals surface area (Å²) in [6.45, 7) is 6.21. The molecule has 0 saturated carbocycles. The summed E-state index contributed by atoms with van der Waals surface area (Å²) >= 11 is 0. The molecule has 0 aromatic rings. The van der Waals surface area contributed by atoms with E-state index in [1.165, 1.54) is 0 Å². The molecule has 1 N–H and O–H groups in total. The zero-order valence-corrected chi connectivity index (χ0v) is 13.3. The van der Waals surface area contributed by atoms with Crippen LogP contribution in [0.2, 0.25) is 0 Å². The molecule has 0 aliphatic heterocycles. The van der Waals surface area contributed by atoms with Crippen LogP contribution in [0.5, 0.6) is 0 Å². The third kappa shape index (κ3) is 8.96. The second-order valence-electron chi connectivity index (χ2n) is 5.02. The van der Waals surface area contributed by atoms with Crippen molar-refractivity contribution in [3.05, 3.63) is 0 Å². The van der Waals surface area contributed by atoms with E-state index >= 15 is 0 Å². The fourth-order valence-electron chi connectivity index (χ4n) is 1.74. The molecule has 0 aromatic carbocycles. The molecule has 0 rings (SSSR count). The molecule has 1 amide bonds. The van der Waals surface area contributed by atoms with Crippen LogP contribution in [0.25, 0.3) is 0 Å². The van der Waals surface area contributed by atoms with E-state index in [2.05, 4.69) is 18.2 Å². The number of nitrogens with one attached hydrogen (secondary N) is 1. The molecule has 21 heavy (non-hydrogen) atoms. The molecule has 0 aliphatic rings. The van der Waals surface area contributed by atoms with E-state index in [0.29, 0.717) is 6.61 Å². The van der Waals surface area contributed by atoms with E-state index in [-0.39, 0.29) is 12.5 Å². The maximum absolute atomic E-state index is 12.1. The van der Waals surface area contributed by atoms with Crippen LogP contribution in [0.3, 0.4) is 0 Å². The Bertz CT molecular complexity index is 349. The number of amides is 1. The van der Waals surface area contributed by atoms with E-state index < -0.39 is 18.1 Å². The Balaban J connectivity index is 4.30. The van der Waals surface area contributed by atoms with Gasteiger partial charge in [-0.2, -0.15) is 0 Å². The number of carbonyl (C=O) groups excluding carboxylic acids is 2. The van der Waals surface area contributed by atoms with E-state index in [4.69, 9.17) is 15.9 Å². The first-order valence-corrected chi connectivity index (χ1v) is 7.60. The van der Waals surface area contributed by atoms with Gasteiger partial charge in [-0.05, 0) is 12.3 Å². The monoisotopic (exact) mass is 297 g/mol. The highest BCUT2D eigenvalue weighted by Crippen LogP contribution is 2.10. The number of unbranched alkanes of at least 4 members (excludes halogenated alkanes) is 3. The molecule has 0 saturated heterocycles. The van der Waals surface area contributed by atoms with Gasteiger partial charge in [-0.1, -0.05) is 52.4 Å². The maximum Gasteiger partial charge on any atom is 0.408 e. The van der Waals surface area contributed by atoms with Gasteiger partial charge in [0, 0.05) is 0 Å². The minimum absolute atomic E-state index is 0.0356. The van der Waals surface area contributed by atoms with Gasteiger partial charge in [0.2, 0.25) is 0 Å². The quantitative estimate of drug-likeness (QED) is 0.382.